The molecule has 98 valence electrons. The van der Waals surface area contributed by atoms with E-state index in [4.69, 9.17) is 11.6 Å². The van der Waals surface area contributed by atoms with Crippen molar-refractivity contribution >= 4 is 50.9 Å². The molecule has 0 spiro atoms. The number of thioether (sulfide) groups is 1. The van der Waals surface area contributed by atoms with E-state index in [0.29, 0.717) is 10.8 Å². The number of carbonyl (C=O) groups is 1. The molecule has 19 heavy (non-hydrogen) atoms. The molecule has 0 fully saturated rings. The molecule has 1 amide bonds. The normalized spacial score (nSPS) is 10.2. The first-order valence-electron chi connectivity index (χ1n) is 5.58. The van der Waals surface area contributed by atoms with Gasteiger partial charge in [0.2, 0.25) is 5.91 Å². The van der Waals surface area contributed by atoms with Crippen LogP contribution in [-0.4, -0.2) is 11.7 Å². The second-order valence-corrected chi connectivity index (χ2v) is 6.11. The van der Waals surface area contributed by atoms with Gasteiger partial charge in [0.15, 0.2) is 0 Å². The molecular formula is C14H11BrClNOS. The van der Waals surface area contributed by atoms with Gasteiger partial charge in [-0.05, 0) is 36.4 Å². The highest BCUT2D eigenvalue weighted by molar-refractivity contribution is 9.10. The maximum Gasteiger partial charge on any atom is 0.234 e. The minimum Gasteiger partial charge on any atom is -0.325 e. The molecule has 2 rings (SSSR count). The third kappa shape index (κ3) is 4.56. The fourth-order valence-corrected chi connectivity index (χ4v) is 2.74. The Balaban J connectivity index is 1.88. The van der Waals surface area contributed by atoms with Crippen LogP contribution in [0.25, 0.3) is 0 Å². The van der Waals surface area contributed by atoms with Gasteiger partial charge in [0.25, 0.3) is 0 Å². The van der Waals surface area contributed by atoms with Crippen LogP contribution in [0.1, 0.15) is 0 Å². The van der Waals surface area contributed by atoms with Crippen molar-refractivity contribution in [2.75, 3.05) is 11.1 Å². The van der Waals surface area contributed by atoms with Gasteiger partial charge >= 0.3 is 0 Å². The average molecular weight is 357 g/mol. The van der Waals surface area contributed by atoms with Crippen molar-refractivity contribution < 1.29 is 4.79 Å². The molecule has 1 N–H and O–H groups in total. The standard InChI is InChI=1S/C14H11BrClNOS/c15-10-5-7-11(8-6-10)17-14(18)9-19-13-4-2-1-3-12(13)16/h1-8H,9H2,(H,17,18). The average Bonchev–Trinajstić information content (AvgIpc) is 2.40. The molecule has 0 saturated heterocycles. The van der Waals surface area contributed by atoms with Gasteiger partial charge in [-0.1, -0.05) is 39.7 Å². The van der Waals surface area contributed by atoms with Gasteiger partial charge < -0.3 is 5.32 Å². The van der Waals surface area contributed by atoms with Crippen LogP contribution >= 0.6 is 39.3 Å². The summed E-state index contributed by atoms with van der Waals surface area (Å²) in [6, 6.07) is 15.0. The predicted octanol–water partition coefficient (Wildman–Crippen LogP) is 4.83. The molecule has 2 aromatic carbocycles. The molecule has 0 aromatic heterocycles. The van der Waals surface area contributed by atoms with Gasteiger partial charge in [0.1, 0.15) is 0 Å². The highest BCUT2D eigenvalue weighted by atomic mass is 79.9. The lowest BCUT2D eigenvalue weighted by atomic mass is 10.3. The van der Waals surface area contributed by atoms with Gasteiger partial charge in [-0.15, -0.1) is 11.8 Å². The first-order chi connectivity index (χ1) is 9.15. The van der Waals surface area contributed by atoms with E-state index in [1.54, 1.807) is 0 Å². The Labute approximate surface area is 129 Å². The van der Waals surface area contributed by atoms with E-state index in [2.05, 4.69) is 21.2 Å². The monoisotopic (exact) mass is 355 g/mol. The Morgan fingerprint density at radius 2 is 1.84 bits per heavy atom. The third-order valence-corrected chi connectivity index (χ3v) is 4.37. The maximum absolute atomic E-state index is 11.8. The first kappa shape index (κ1) is 14.4. The number of nitrogens with one attached hydrogen (secondary N) is 1. The van der Waals surface area contributed by atoms with Crippen LogP contribution in [0, 0.1) is 0 Å². The first-order valence-corrected chi connectivity index (χ1v) is 7.73. The zero-order valence-corrected chi connectivity index (χ0v) is 13.1. The highest BCUT2D eigenvalue weighted by Gasteiger charge is 2.05. The smallest absolute Gasteiger partial charge is 0.234 e. The van der Waals surface area contributed by atoms with Crippen LogP contribution in [0.2, 0.25) is 5.02 Å². The minimum atomic E-state index is -0.0488. The molecule has 0 heterocycles. The lowest BCUT2D eigenvalue weighted by molar-refractivity contribution is -0.113. The molecule has 0 saturated carbocycles. The summed E-state index contributed by atoms with van der Waals surface area (Å²) in [4.78, 5) is 12.7. The number of hydrogen-bond acceptors (Lipinski definition) is 2. The van der Waals surface area contributed by atoms with Gasteiger partial charge in [0, 0.05) is 15.1 Å². The fraction of sp³-hybridized carbons (Fsp3) is 0.0714. The Bertz CT molecular complexity index is 574. The van der Waals surface area contributed by atoms with Crippen LogP contribution in [0.15, 0.2) is 57.9 Å². The van der Waals surface area contributed by atoms with E-state index in [1.165, 1.54) is 11.8 Å². The van der Waals surface area contributed by atoms with E-state index < -0.39 is 0 Å². The lowest BCUT2D eigenvalue weighted by Crippen LogP contribution is -2.13. The summed E-state index contributed by atoms with van der Waals surface area (Å²) in [5.41, 5.74) is 0.785. The van der Waals surface area contributed by atoms with E-state index >= 15 is 0 Å². The van der Waals surface area contributed by atoms with Crippen LogP contribution < -0.4 is 5.32 Å². The van der Waals surface area contributed by atoms with Crippen LogP contribution in [-0.2, 0) is 4.79 Å². The molecular weight excluding hydrogens is 346 g/mol. The number of carbonyl (C=O) groups excluding carboxylic acids is 1. The number of hydrogen-bond donors (Lipinski definition) is 1. The van der Waals surface area contributed by atoms with E-state index in [-0.39, 0.29) is 5.91 Å². The highest BCUT2D eigenvalue weighted by Crippen LogP contribution is 2.26. The zero-order valence-electron chi connectivity index (χ0n) is 9.90. The van der Waals surface area contributed by atoms with Crippen molar-refractivity contribution in [3.63, 3.8) is 0 Å². The van der Waals surface area contributed by atoms with Crippen molar-refractivity contribution in [2.45, 2.75) is 4.90 Å². The largest absolute Gasteiger partial charge is 0.325 e. The zero-order chi connectivity index (χ0) is 13.7. The summed E-state index contributed by atoms with van der Waals surface area (Å²) in [7, 11) is 0. The minimum absolute atomic E-state index is 0.0488. The molecule has 0 bridgehead atoms. The topological polar surface area (TPSA) is 29.1 Å². The van der Waals surface area contributed by atoms with Gasteiger partial charge in [-0.2, -0.15) is 0 Å². The van der Waals surface area contributed by atoms with Gasteiger partial charge in [0.05, 0.1) is 10.8 Å². The molecule has 0 aliphatic heterocycles. The van der Waals surface area contributed by atoms with Crippen molar-refractivity contribution in [3.8, 4) is 0 Å². The Morgan fingerprint density at radius 1 is 1.16 bits per heavy atom. The molecule has 0 aliphatic carbocycles. The van der Waals surface area contributed by atoms with Gasteiger partial charge in [-0.3, -0.25) is 4.79 Å². The number of anilines is 1. The fourth-order valence-electron chi connectivity index (χ4n) is 1.44. The molecule has 0 aliphatic rings. The number of rotatable bonds is 4. The number of halogens is 2. The molecule has 2 nitrogen and oxygen atoms in total. The van der Waals surface area contributed by atoms with E-state index in [0.717, 1.165) is 15.1 Å². The van der Waals surface area contributed by atoms with E-state index in [9.17, 15) is 4.79 Å². The molecule has 0 radical (unpaired) electrons. The summed E-state index contributed by atoms with van der Waals surface area (Å²) in [5, 5.41) is 3.51. The van der Waals surface area contributed by atoms with Crippen LogP contribution in [0.4, 0.5) is 5.69 Å². The SMILES string of the molecule is O=C(CSc1ccccc1Cl)Nc1ccc(Br)cc1. The van der Waals surface area contributed by atoms with Crippen molar-refractivity contribution in [1.82, 2.24) is 0 Å². The summed E-state index contributed by atoms with van der Waals surface area (Å²) < 4.78 is 0.982. The Kier molecular flexibility index (Phi) is 5.31. The Morgan fingerprint density at radius 3 is 2.53 bits per heavy atom. The molecule has 0 atom stereocenters. The van der Waals surface area contributed by atoms with Gasteiger partial charge in [-0.25, -0.2) is 0 Å². The summed E-state index contributed by atoms with van der Waals surface area (Å²) >= 11 is 10.8. The van der Waals surface area contributed by atoms with Crippen molar-refractivity contribution in [3.05, 3.63) is 58.0 Å². The number of benzene rings is 2. The molecule has 2 aromatic rings. The Hall–Kier alpha value is -0.970. The number of amides is 1. The lowest BCUT2D eigenvalue weighted by Gasteiger charge is -2.06. The molecule has 5 heteroatoms. The summed E-state index contributed by atoms with van der Waals surface area (Å²) in [6.45, 7) is 0. The van der Waals surface area contributed by atoms with Crippen molar-refractivity contribution in [1.29, 1.82) is 0 Å². The predicted molar refractivity (Wildman–Crippen MR) is 84.9 cm³/mol. The van der Waals surface area contributed by atoms with Crippen molar-refractivity contribution in [2.24, 2.45) is 0 Å². The molecule has 0 unspecified atom stereocenters. The van der Waals surface area contributed by atoms with Crippen LogP contribution in [0.3, 0.4) is 0 Å². The summed E-state index contributed by atoms with van der Waals surface area (Å²) in [5.74, 6) is 0.284. The van der Waals surface area contributed by atoms with E-state index in [1.807, 2.05) is 48.5 Å². The maximum atomic E-state index is 11.8. The second kappa shape index (κ2) is 6.98. The summed E-state index contributed by atoms with van der Waals surface area (Å²) in [6.07, 6.45) is 0. The third-order valence-electron chi connectivity index (χ3n) is 2.32. The quantitative estimate of drug-likeness (QED) is 0.795. The second-order valence-electron chi connectivity index (χ2n) is 3.77. The van der Waals surface area contributed by atoms with Crippen LogP contribution in [0.5, 0.6) is 0 Å².